The van der Waals surface area contributed by atoms with Crippen molar-refractivity contribution in [2.45, 2.75) is 43.2 Å². The first-order chi connectivity index (χ1) is 15.0. The Morgan fingerprint density at radius 2 is 2.10 bits per heavy atom. The van der Waals surface area contributed by atoms with Crippen LogP contribution in [0.25, 0.3) is 16.0 Å². The smallest absolute Gasteiger partial charge is 0.337 e. The molecule has 1 fully saturated rings. The van der Waals surface area contributed by atoms with Crippen LogP contribution in [0, 0.1) is 0 Å². The maximum Gasteiger partial charge on any atom is 0.337 e. The van der Waals surface area contributed by atoms with Gasteiger partial charge in [0, 0.05) is 13.2 Å². The van der Waals surface area contributed by atoms with Crippen molar-refractivity contribution in [2.24, 2.45) is 0 Å². The molecule has 8 nitrogen and oxygen atoms in total. The van der Waals surface area contributed by atoms with Crippen LogP contribution >= 0.6 is 23.1 Å². The summed E-state index contributed by atoms with van der Waals surface area (Å²) in [4.78, 5) is 43.5. The van der Waals surface area contributed by atoms with Crippen molar-refractivity contribution in [2.75, 3.05) is 19.4 Å². The second kappa shape index (κ2) is 9.37. The van der Waals surface area contributed by atoms with E-state index in [0.717, 1.165) is 29.4 Å². The van der Waals surface area contributed by atoms with Gasteiger partial charge in [0.1, 0.15) is 11.2 Å². The molecule has 3 aromatic rings. The Labute approximate surface area is 187 Å². The molecule has 1 saturated heterocycles. The minimum atomic E-state index is -0.577. The zero-order valence-electron chi connectivity index (χ0n) is 17.4. The molecule has 0 bridgehead atoms. The van der Waals surface area contributed by atoms with Crippen LogP contribution in [0.3, 0.4) is 0 Å². The number of hydrogen-bond acceptors (Lipinski definition) is 7. The maximum absolute atomic E-state index is 13.3. The molecule has 2 aromatic heterocycles. The highest BCUT2D eigenvalue weighted by Crippen LogP contribution is 2.25. The lowest BCUT2D eigenvalue weighted by Gasteiger charge is -2.13. The maximum atomic E-state index is 13.3. The van der Waals surface area contributed by atoms with Gasteiger partial charge in [-0.1, -0.05) is 30.8 Å². The van der Waals surface area contributed by atoms with E-state index in [0.29, 0.717) is 27.9 Å². The molecule has 1 aliphatic heterocycles. The normalized spacial score (nSPS) is 16.1. The lowest BCUT2D eigenvalue weighted by atomic mass is 10.1. The average molecular weight is 461 g/mol. The number of rotatable bonds is 7. The van der Waals surface area contributed by atoms with E-state index in [1.807, 2.05) is 25.3 Å². The van der Waals surface area contributed by atoms with E-state index in [1.165, 1.54) is 27.7 Å². The van der Waals surface area contributed by atoms with Gasteiger partial charge in [-0.3, -0.25) is 14.2 Å². The van der Waals surface area contributed by atoms with Gasteiger partial charge in [-0.15, -0.1) is 11.3 Å². The molecule has 0 saturated carbocycles. The van der Waals surface area contributed by atoms with E-state index in [1.54, 1.807) is 12.1 Å². The van der Waals surface area contributed by atoms with Crippen LogP contribution in [-0.4, -0.2) is 45.5 Å². The van der Waals surface area contributed by atoms with Gasteiger partial charge >= 0.3 is 5.69 Å². The predicted molar refractivity (Wildman–Crippen MR) is 123 cm³/mol. The summed E-state index contributed by atoms with van der Waals surface area (Å²) in [5.41, 5.74) is 0.832. The number of nitrogens with zero attached hydrogens (tertiary/aromatic N) is 3. The Bertz CT molecular complexity index is 1210. The van der Waals surface area contributed by atoms with E-state index in [9.17, 15) is 14.4 Å². The second-order valence-electron chi connectivity index (χ2n) is 7.31. The monoisotopic (exact) mass is 460 g/mol. The molecule has 1 amide bonds. The summed E-state index contributed by atoms with van der Waals surface area (Å²) in [7, 11) is 0. The fourth-order valence-corrected chi connectivity index (χ4v) is 5.08. The van der Waals surface area contributed by atoms with Crippen LogP contribution < -0.4 is 16.6 Å². The number of carbonyl (C=O) groups is 1. The van der Waals surface area contributed by atoms with Crippen molar-refractivity contribution >= 4 is 39.4 Å². The van der Waals surface area contributed by atoms with Gasteiger partial charge in [0.15, 0.2) is 9.99 Å². The van der Waals surface area contributed by atoms with Crippen molar-refractivity contribution in [1.29, 1.82) is 0 Å². The quantitative estimate of drug-likeness (QED) is 0.543. The summed E-state index contributed by atoms with van der Waals surface area (Å²) in [6.07, 6.45) is 4.62. The number of fused-ring (bicyclic) bond motifs is 1. The largest absolute Gasteiger partial charge is 0.376 e. The van der Waals surface area contributed by atoms with E-state index in [4.69, 9.17) is 4.74 Å². The van der Waals surface area contributed by atoms with Crippen molar-refractivity contribution in [3.05, 3.63) is 50.7 Å². The first-order valence-corrected chi connectivity index (χ1v) is 12.2. The lowest BCUT2D eigenvalue weighted by molar-refractivity contribution is -0.122. The number of aromatic nitrogens is 3. The highest BCUT2D eigenvalue weighted by atomic mass is 32.2. The van der Waals surface area contributed by atoms with E-state index in [-0.39, 0.29) is 24.2 Å². The molecule has 1 aliphatic rings. The van der Waals surface area contributed by atoms with Gasteiger partial charge in [0.25, 0.3) is 5.56 Å². The Hall–Kier alpha value is -2.43. The predicted octanol–water partition coefficient (Wildman–Crippen LogP) is 2.19. The molecule has 31 heavy (non-hydrogen) atoms. The van der Waals surface area contributed by atoms with Gasteiger partial charge in [-0.2, -0.15) is 0 Å². The molecular weight excluding hydrogens is 436 g/mol. The molecule has 3 heterocycles. The molecule has 0 aliphatic carbocycles. The third-order valence-corrected chi connectivity index (χ3v) is 7.31. The van der Waals surface area contributed by atoms with Crippen LogP contribution in [0.15, 0.2) is 38.2 Å². The number of nitrogens with one attached hydrogen (secondary N) is 1. The topological polar surface area (TPSA) is 95.2 Å². The average Bonchev–Trinajstić information content (AvgIpc) is 3.46. The van der Waals surface area contributed by atoms with Crippen molar-refractivity contribution in [1.82, 2.24) is 19.4 Å². The minimum Gasteiger partial charge on any atom is -0.376 e. The number of thioether (sulfide) groups is 1. The summed E-state index contributed by atoms with van der Waals surface area (Å²) in [5, 5.41) is 2.83. The number of benzene rings is 1. The molecule has 1 atom stereocenters. The highest BCUT2D eigenvalue weighted by Gasteiger charge is 2.21. The van der Waals surface area contributed by atoms with Crippen LogP contribution in [0.1, 0.15) is 25.3 Å². The summed E-state index contributed by atoms with van der Waals surface area (Å²) in [5.74, 6) is -0.316. The fraction of sp³-hybridized carbons (Fsp3) is 0.429. The SMILES string of the molecule is CCc1ccc(-n2c(=O)c3sc(SC)nc3n(CC(=O)NCC3CCCO3)c2=O)cc1. The van der Waals surface area contributed by atoms with E-state index >= 15 is 0 Å². The zero-order chi connectivity index (χ0) is 22.0. The minimum absolute atomic E-state index is 0.00842. The lowest BCUT2D eigenvalue weighted by Crippen LogP contribution is -2.42. The highest BCUT2D eigenvalue weighted by molar-refractivity contribution is 8.00. The molecule has 0 spiro atoms. The number of ether oxygens (including phenoxy) is 1. The molecule has 10 heteroatoms. The van der Waals surface area contributed by atoms with Crippen LogP contribution in [0.4, 0.5) is 0 Å². The van der Waals surface area contributed by atoms with Gasteiger partial charge in [0.2, 0.25) is 5.91 Å². The first kappa shape index (κ1) is 21.8. The molecular formula is C21H24N4O4S2. The summed E-state index contributed by atoms with van der Waals surface area (Å²) < 4.78 is 8.96. The third kappa shape index (κ3) is 4.46. The van der Waals surface area contributed by atoms with E-state index in [2.05, 4.69) is 10.3 Å². The van der Waals surface area contributed by atoms with Crippen molar-refractivity contribution in [3.63, 3.8) is 0 Å². The molecule has 0 radical (unpaired) electrons. The van der Waals surface area contributed by atoms with Crippen LogP contribution in [-0.2, 0) is 22.5 Å². The summed E-state index contributed by atoms with van der Waals surface area (Å²) in [6.45, 7) is 2.93. The van der Waals surface area contributed by atoms with Gasteiger partial charge in [0.05, 0.1) is 11.8 Å². The standard InChI is InChI=1S/C21H24N4O4S2/c1-3-13-6-8-14(9-7-13)25-19(27)17-18(23-20(30-2)31-17)24(21(25)28)12-16(26)22-11-15-5-4-10-29-15/h6-9,15H,3-5,10-12H2,1-2H3,(H,22,26). The van der Waals surface area contributed by atoms with Crippen LogP contribution in [0.5, 0.6) is 0 Å². The number of hydrogen-bond donors (Lipinski definition) is 1. The summed E-state index contributed by atoms with van der Waals surface area (Å²) in [6, 6.07) is 7.30. The first-order valence-electron chi connectivity index (χ1n) is 10.2. The molecule has 1 unspecified atom stereocenters. The van der Waals surface area contributed by atoms with Crippen molar-refractivity contribution in [3.8, 4) is 5.69 Å². The molecule has 164 valence electrons. The zero-order valence-corrected chi connectivity index (χ0v) is 19.1. The van der Waals surface area contributed by atoms with Gasteiger partial charge < -0.3 is 10.1 Å². The number of carbonyl (C=O) groups excluding carboxylic acids is 1. The number of amides is 1. The molecule has 4 rings (SSSR count). The Morgan fingerprint density at radius 3 is 2.74 bits per heavy atom. The van der Waals surface area contributed by atoms with Gasteiger partial charge in [-0.05, 0) is 43.2 Å². The third-order valence-electron chi connectivity index (χ3n) is 5.29. The number of aryl methyl sites for hydroxylation is 1. The van der Waals surface area contributed by atoms with E-state index < -0.39 is 11.2 Å². The fourth-order valence-electron chi connectivity index (χ4n) is 3.59. The van der Waals surface area contributed by atoms with Gasteiger partial charge in [-0.25, -0.2) is 14.3 Å². The Balaban J connectivity index is 1.75. The Morgan fingerprint density at radius 1 is 1.32 bits per heavy atom. The van der Waals surface area contributed by atoms with Crippen LogP contribution in [0.2, 0.25) is 0 Å². The second-order valence-corrected chi connectivity index (χ2v) is 9.36. The Kier molecular flexibility index (Phi) is 6.59. The number of thiazole rings is 1. The van der Waals surface area contributed by atoms with Crippen molar-refractivity contribution < 1.29 is 9.53 Å². The molecule has 1 aromatic carbocycles. The summed E-state index contributed by atoms with van der Waals surface area (Å²) >= 11 is 2.63. The molecule has 1 N–H and O–H groups in total.